The van der Waals surface area contributed by atoms with Gasteiger partial charge in [0.15, 0.2) is 11.5 Å². The molecule has 41 heavy (non-hydrogen) atoms. The smallest absolute Gasteiger partial charge is 0.433 e. The van der Waals surface area contributed by atoms with E-state index in [1.807, 2.05) is 6.92 Å². The van der Waals surface area contributed by atoms with E-state index in [2.05, 4.69) is 10.4 Å². The van der Waals surface area contributed by atoms with Crippen LogP contribution in [-0.2, 0) is 11.0 Å². The highest BCUT2D eigenvalue weighted by Gasteiger charge is 2.47. The summed E-state index contributed by atoms with van der Waals surface area (Å²) in [5.41, 5.74) is -2.37. The Morgan fingerprint density at radius 2 is 1.73 bits per heavy atom. The number of alkyl halides is 3. The molecule has 0 saturated heterocycles. The summed E-state index contributed by atoms with van der Waals surface area (Å²) in [6.45, 7) is 5.30. The van der Waals surface area contributed by atoms with Gasteiger partial charge in [-0.15, -0.1) is 0 Å². The standard InChI is InChI=1S/C29H34Cl2F3N3O4/c1-4-28(8-5-9-28)22(14-21(38)23-19(30)12-16(2)13-20(23)31)36-25(39)18-15-35-37(24(18)29(32,33)34)17-6-10-27(3,11-7-17)26(40)41/h12-13,15,17,22H,4-11,14H2,1-3H3,(H,36,39)(H,40,41). The maximum atomic E-state index is 14.4. The van der Waals surface area contributed by atoms with E-state index in [1.54, 1.807) is 26.0 Å². The maximum absolute atomic E-state index is 14.4. The van der Waals surface area contributed by atoms with Gasteiger partial charge in [-0.1, -0.05) is 36.5 Å². The summed E-state index contributed by atoms with van der Waals surface area (Å²) in [5, 5.41) is 16.6. The summed E-state index contributed by atoms with van der Waals surface area (Å²) >= 11 is 12.7. The van der Waals surface area contributed by atoms with Crippen LogP contribution in [0.3, 0.4) is 0 Å². The second-order valence-electron chi connectivity index (χ2n) is 11.8. The molecule has 1 aromatic carbocycles. The number of aliphatic carboxylic acids is 1. The molecule has 224 valence electrons. The molecule has 0 spiro atoms. The van der Waals surface area contributed by atoms with Gasteiger partial charge in [0.2, 0.25) is 0 Å². The molecule has 0 radical (unpaired) electrons. The molecule has 1 aromatic heterocycles. The quantitative estimate of drug-likeness (QED) is 0.282. The topological polar surface area (TPSA) is 101 Å². The predicted molar refractivity (Wildman–Crippen MR) is 148 cm³/mol. The van der Waals surface area contributed by atoms with Crippen molar-refractivity contribution in [3.63, 3.8) is 0 Å². The van der Waals surface area contributed by atoms with Gasteiger partial charge in [0.05, 0.1) is 38.8 Å². The van der Waals surface area contributed by atoms with Crippen molar-refractivity contribution in [1.29, 1.82) is 0 Å². The highest BCUT2D eigenvalue weighted by atomic mass is 35.5. The zero-order chi connectivity index (χ0) is 30.3. The molecular formula is C29H34Cl2F3N3O4. The zero-order valence-corrected chi connectivity index (χ0v) is 24.7. The summed E-state index contributed by atoms with van der Waals surface area (Å²) in [5.74, 6) is -2.35. The van der Waals surface area contributed by atoms with Crippen molar-refractivity contribution in [3.8, 4) is 0 Å². The number of hydrogen-bond donors (Lipinski definition) is 2. The first-order valence-corrected chi connectivity index (χ1v) is 14.6. The minimum absolute atomic E-state index is 0.123. The van der Waals surface area contributed by atoms with E-state index in [-0.39, 0.29) is 47.7 Å². The van der Waals surface area contributed by atoms with Crippen molar-refractivity contribution in [3.05, 3.63) is 50.8 Å². The summed E-state index contributed by atoms with van der Waals surface area (Å²) in [6.07, 6.45) is -0.462. The van der Waals surface area contributed by atoms with Gasteiger partial charge in [-0.3, -0.25) is 19.1 Å². The van der Waals surface area contributed by atoms with Crippen LogP contribution in [-0.4, -0.2) is 38.6 Å². The van der Waals surface area contributed by atoms with Gasteiger partial charge in [0, 0.05) is 12.5 Å². The van der Waals surface area contributed by atoms with E-state index in [0.29, 0.717) is 19.3 Å². The monoisotopic (exact) mass is 615 g/mol. The number of halogens is 5. The Balaban J connectivity index is 1.63. The van der Waals surface area contributed by atoms with Gasteiger partial charge in [0.25, 0.3) is 5.91 Å². The Kier molecular flexibility index (Phi) is 8.86. The lowest BCUT2D eigenvalue weighted by molar-refractivity contribution is -0.152. The summed E-state index contributed by atoms with van der Waals surface area (Å²) < 4.78 is 44.0. The van der Waals surface area contributed by atoms with Crippen LogP contribution < -0.4 is 5.32 Å². The van der Waals surface area contributed by atoms with Crippen LogP contribution in [0.4, 0.5) is 13.2 Å². The molecule has 7 nitrogen and oxygen atoms in total. The number of amides is 1. The van der Waals surface area contributed by atoms with Crippen molar-refractivity contribution in [2.75, 3.05) is 0 Å². The SMILES string of the molecule is CCC1(C(CC(=O)c2c(Cl)cc(C)cc2Cl)NC(=O)c2cnn(C3CCC(C)(C(=O)O)CC3)c2C(F)(F)F)CCC1. The van der Waals surface area contributed by atoms with Crippen LogP contribution in [0, 0.1) is 17.8 Å². The fraction of sp³-hybridized carbons (Fsp3) is 0.586. The summed E-state index contributed by atoms with van der Waals surface area (Å²) in [7, 11) is 0. The number of carbonyl (C=O) groups excluding carboxylic acids is 2. The fourth-order valence-electron chi connectivity index (χ4n) is 6.28. The van der Waals surface area contributed by atoms with E-state index >= 15 is 0 Å². The Labute approximate surface area is 246 Å². The Morgan fingerprint density at radius 1 is 1.15 bits per heavy atom. The van der Waals surface area contributed by atoms with Gasteiger partial charge in [-0.05, 0) is 81.9 Å². The van der Waals surface area contributed by atoms with E-state index in [4.69, 9.17) is 23.2 Å². The van der Waals surface area contributed by atoms with Gasteiger partial charge in [-0.25, -0.2) is 0 Å². The van der Waals surface area contributed by atoms with Gasteiger partial charge >= 0.3 is 12.1 Å². The van der Waals surface area contributed by atoms with Gasteiger partial charge in [-0.2, -0.15) is 18.3 Å². The molecular weight excluding hydrogens is 582 g/mol. The van der Waals surface area contributed by atoms with E-state index in [9.17, 15) is 32.7 Å². The second-order valence-corrected chi connectivity index (χ2v) is 12.6. The lowest BCUT2D eigenvalue weighted by Gasteiger charge is -2.47. The lowest BCUT2D eigenvalue weighted by atomic mass is 9.61. The molecule has 2 N–H and O–H groups in total. The summed E-state index contributed by atoms with van der Waals surface area (Å²) in [4.78, 5) is 38.5. The third-order valence-electron chi connectivity index (χ3n) is 9.18. The fourth-order valence-corrected chi connectivity index (χ4v) is 7.08. The number of aryl methyl sites for hydroxylation is 1. The number of rotatable bonds is 9. The molecule has 2 aromatic rings. The number of ketones is 1. The first kappa shape index (κ1) is 31.3. The molecule has 12 heteroatoms. The third-order valence-corrected chi connectivity index (χ3v) is 9.78. The van der Waals surface area contributed by atoms with Crippen molar-refractivity contribution >= 4 is 40.9 Å². The van der Waals surface area contributed by atoms with E-state index in [0.717, 1.165) is 22.9 Å². The Hall–Kier alpha value is -2.59. The molecule has 1 amide bonds. The highest BCUT2D eigenvalue weighted by molar-refractivity contribution is 6.40. The number of hydrogen-bond acceptors (Lipinski definition) is 4. The zero-order valence-electron chi connectivity index (χ0n) is 23.2. The minimum atomic E-state index is -4.89. The van der Waals surface area contributed by atoms with Crippen LogP contribution in [0.25, 0.3) is 0 Å². The first-order chi connectivity index (χ1) is 19.1. The predicted octanol–water partition coefficient (Wildman–Crippen LogP) is 7.67. The number of carbonyl (C=O) groups is 3. The van der Waals surface area contributed by atoms with Crippen LogP contribution in [0.15, 0.2) is 18.3 Å². The minimum Gasteiger partial charge on any atom is -0.481 e. The Morgan fingerprint density at radius 3 is 2.20 bits per heavy atom. The van der Waals surface area contributed by atoms with E-state index < -0.39 is 58.0 Å². The molecule has 4 rings (SSSR count). The van der Waals surface area contributed by atoms with Crippen LogP contribution in [0.2, 0.25) is 10.0 Å². The van der Waals surface area contributed by atoms with Crippen LogP contribution in [0.5, 0.6) is 0 Å². The molecule has 2 aliphatic carbocycles. The average Bonchev–Trinajstić information content (AvgIpc) is 3.29. The van der Waals surface area contributed by atoms with Gasteiger partial charge < -0.3 is 10.4 Å². The number of nitrogens with zero attached hydrogens (tertiary/aromatic N) is 2. The molecule has 2 aliphatic rings. The molecule has 1 unspecified atom stereocenters. The summed E-state index contributed by atoms with van der Waals surface area (Å²) in [6, 6.07) is 1.78. The van der Waals surface area contributed by atoms with E-state index in [1.165, 1.54) is 0 Å². The number of Topliss-reactive ketones (excluding diaryl/α,β-unsaturated/α-hetero) is 1. The number of carboxylic acid groups (broad SMARTS) is 1. The molecule has 1 atom stereocenters. The number of benzene rings is 1. The normalized spacial score (nSPS) is 23.0. The lowest BCUT2D eigenvalue weighted by Crippen LogP contribution is -2.52. The van der Waals surface area contributed by atoms with Gasteiger partial charge in [0.1, 0.15) is 0 Å². The largest absolute Gasteiger partial charge is 0.481 e. The molecule has 2 fully saturated rings. The number of carboxylic acids is 1. The molecule has 1 heterocycles. The maximum Gasteiger partial charge on any atom is 0.433 e. The Bertz CT molecular complexity index is 1320. The number of nitrogens with one attached hydrogen (secondary N) is 1. The van der Waals surface area contributed by atoms with Crippen LogP contribution in [0.1, 0.15) is 110 Å². The first-order valence-electron chi connectivity index (χ1n) is 13.8. The highest BCUT2D eigenvalue weighted by Crippen LogP contribution is 2.49. The molecule has 0 bridgehead atoms. The molecule has 2 saturated carbocycles. The second kappa shape index (κ2) is 11.6. The van der Waals surface area contributed by atoms with Crippen molar-refractivity contribution in [1.82, 2.24) is 15.1 Å². The molecule has 0 aliphatic heterocycles. The number of aromatic nitrogens is 2. The van der Waals surface area contributed by atoms with Crippen molar-refractivity contribution in [2.24, 2.45) is 10.8 Å². The average molecular weight is 617 g/mol. The van der Waals surface area contributed by atoms with Crippen molar-refractivity contribution in [2.45, 2.75) is 96.8 Å². The van der Waals surface area contributed by atoms with Crippen molar-refractivity contribution < 1.29 is 32.7 Å². The van der Waals surface area contributed by atoms with Crippen LogP contribution >= 0.6 is 23.2 Å². The third kappa shape index (κ3) is 6.14.